The van der Waals surface area contributed by atoms with E-state index in [1.807, 2.05) is 59.7 Å². The summed E-state index contributed by atoms with van der Waals surface area (Å²) in [5.41, 5.74) is 1.45. The Morgan fingerprint density at radius 1 is 0.981 bits per heavy atom. The van der Waals surface area contributed by atoms with Gasteiger partial charge in [-0.3, -0.25) is 19.4 Å². The van der Waals surface area contributed by atoms with E-state index in [2.05, 4.69) is 29.0 Å². The van der Waals surface area contributed by atoms with Crippen LogP contribution in [0.4, 0.5) is 14.9 Å². The molecule has 0 bridgehead atoms. The van der Waals surface area contributed by atoms with Crippen molar-refractivity contribution in [3.8, 4) is 5.88 Å². The number of aromatic nitrogens is 1. The van der Waals surface area contributed by atoms with Crippen LogP contribution in [0, 0.1) is 5.82 Å². The number of benzene rings is 1. The smallest absolute Gasteiger partial charge is 0.410 e. The second-order valence-corrected chi connectivity index (χ2v) is 16.1. The lowest BCUT2D eigenvalue weighted by Gasteiger charge is -2.49. The largest absolute Gasteiger partial charge is 0.474 e. The Labute approximate surface area is 313 Å². The first-order valence-corrected chi connectivity index (χ1v) is 18.7. The molecule has 0 radical (unpaired) electrons. The number of morpholine rings is 1. The van der Waals surface area contributed by atoms with Gasteiger partial charge in [-0.05, 0) is 98.3 Å². The van der Waals surface area contributed by atoms with Gasteiger partial charge in [0, 0.05) is 56.9 Å². The van der Waals surface area contributed by atoms with Gasteiger partial charge in [0.15, 0.2) is 0 Å². The molecular weight excluding hydrogens is 681 g/mol. The maximum atomic E-state index is 14.6. The van der Waals surface area contributed by atoms with E-state index in [1.165, 1.54) is 12.1 Å². The molecule has 2 fully saturated rings. The summed E-state index contributed by atoms with van der Waals surface area (Å²) in [6.07, 6.45) is -0.0590. The van der Waals surface area contributed by atoms with Crippen LogP contribution >= 0.6 is 0 Å². The van der Waals surface area contributed by atoms with E-state index in [-0.39, 0.29) is 78.7 Å². The summed E-state index contributed by atoms with van der Waals surface area (Å²) >= 11 is 0. The van der Waals surface area contributed by atoms with E-state index in [4.69, 9.17) is 19.2 Å². The molecule has 292 valence electrons. The third-order valence-electron chi connectivity index (χ3n) is 10.0. The number of ether oxygens (including phenoxy) is 3. The van der Waals surface area contributed by atoms with E-state index in [1.54, 1.807) is 21.9 Å². The summed E-state index contributed by atoms with van der Waals surface area (Å²) in [6.45, 7) is 17.9. The average molecular weight is 740 g/mol. The van der Waals surface area contributed by atoms with Crippen LogP contribution in [-0.2, 0) is 20.7 Å². The van der Waals surface area contributed by atoms with Crippen LogP contribution < -0.4 is 15.0 Å². The predicted molar refractivity (Wildman–Crippen MR) is 201 cm³/mol. The van der Waals surface area contributed by atoms with Crippen molar-refractivity contribution >= 4 is 23.6 Å². The molecule has 2 aromatic rings. The number of carbonyl (C=O) groups is 3. The van der Waals surface area contributed by atoms with Crippen LogP contribution in [0.2, 0.25) is 0 Å². The Morgan fingerprint density at radius 2 is 1.66 bits per heavy atom. The molecule has 0 saturated carbocycles. The number of nitrogens with one attached hydrogen (secondary N) is 1. The van der Waals surface area contributed by atoms with Crippen LogP contribution in [0.1, 0.15) is 70.1 Å². The third-order valence-corrected chi connectivity index (χ3v) is 10.0. The number of anilines is 1. The highest BCUT2D eigenvalue weighted by Gasteiger charge is 2.41. The zero-order valence-electron chi connectivity index (χ0n) is 32.9. The van der Waals surface area contributed by atoms with Crippen molar-refractivity contribution in [3.05, 3.63) is 53.0 Å². The SMILES string of the molecule is C[C@@H]1CN(CC(=O)N2c3cc(Cc4ccc(F)cc4)c(C(=O)NCCN(C)C)nc3OC[C@@H]2C)[C@@H](CN2[C@H](C)COC[C@H]2C)CN1C(=O)OC(C)(C)C. The number of likely N-dealkylation sites (N-methyl/N-ethyl adjacent to an activating group) is 1. The van der Waals surface area contributed by atoms with Crippen molar-refractivity contribution < 1.29 is 33.0 Å². The number of hydrogen-bond donors (Lipinski definition) is 1. The molecule has 14 heteroatoms. The molecule has 2 saturated heterocycles. The van der Waals surface area contributed by atoms with Crippen LogP contribution in [0.3, 0.4) is 0 Å². The quantitative estimate of drug-likeness (QED) is 0.387. The first-order valence-electron chi connectivity index (χ1n) is 18.7. The fourth-order valence-corrected chi connectivity index (χ4v) is 7.27. The minimum atomic E-state index is -0.636. The van der Waals surface area contributed by atoms with Crippen LogP contribution in [-0.4, -0.2) is 151 Å². The van der Waals surface area contributed by atoms with Gasteiger partial charge in [0.25, 0.3) is 5.91 Å². The van der Waals surface area contributed by atoms with Gasteiger partial charge in [0.1, 0.15) is 29.4 Å². The molecule has 3 aliphatic heterocycles. The normalized spacial score (nSPS) is 24.1. The van der Waals surface area contributed by atoms with Gasteiger partial charge >= 0.3 is 6.09 Å². The van der Waals surface area contributed by atoms with Crippen LogP contribution in [0.15, 0.2) is 30.3 Å². The maximum Gasteiger partial charge on any atom is 0.410 e. The van der Waals surface area contributed by atoms with Crippen LogP contribution in [0.25, 0.3) is 0 Å². The van der Waals surface area contributed by atoms with Crippen LogP contribution in [0.5, 0.6) is 5.88 Å². The van der Waals surface area contributed by atoms with Gasteiger partial charge in [-0.25, -0.2) is 14.2 Å². The van der Waals surface area contributed by atoms with Gasteiger partial charge in [-0.2, -0.15) is 0 Å². The zero-order chi connectivity index (χ0) is 38.6. The molecule has 1 aromatic carbocycles. The highest BCUT2D eigenvalue weighted by Crippen LogP contribution is 2.36. The molecule has 5 atom stereocenters. The molecule has 4 heterocycles. The Hall–Kier alpha value is -3.85. The van der Waals surface area contributed by atoms with Crippen molar-refractivity contribution in [1.29, 1.82) is 0 Å². The monoisotopic (exact) mass is 739 g/mol. The van der Waals surface area contributed by atoms with E-state index < -0.39 is 5.60 Å². The summed E-state index contributed by atoms with van der Waals surface area (Å²) in [5.74, 6) is -0.619. The fraction of sp³-hybridized carbons (Fsp3) is 0.641. The van der Waals surface area contributed by atoms with Gasteiger partial charge in [-0.1, -0.05) is 12.1 Å². The van der Waals surface area contributed by atoms with Gasteiger partial charge in [-0.15, -0.1) is 0 Å². The van der Waals surface area contributed by atoms with Crippen molar-refractivity contribution in [1.82, 2.24) is 29.9 Å². The van der Waals surface area contributed by atoms with Crippen molar-refractivity contribution in [2.24, 2.45) is 0 Å². The molecule has 0 spiro atoms. The topological polar surface area (TPSA) is 120 Å². The first kappa shape index (κ1) is 40.3. The molecule has 1 N–H and O–H groups in total. The molecular formula is C39H58FN7O6. The van der Waals surface area contributed by atoms with E-state index in [0.717, 1.165) is 5.56 Å². The molecule has 53 heavy (non-hydrogen) atoms. The molecule has 1 aromatic heterocycles. The van der Waals surface area contributed by atoms with Gasteiger partial charge < -0.3 is 34.2 Å². The van der Waals surface area contributed by atoms with Gasteiger partial charge in [0.2, 0.25) is 11.8 Å². The Bertz CT molecular complexity index is 1590. The van der Waals surface area contributed by atoms with Crippen molar-refractivity contribution in [2.45, 2.75) is 90.7 Å². The second-order valence-electron chi connectivity index (χ2n) is 16.1. The number of carbonyl (C=O) groups excluding carboxylic acids is 3. The number of pyridine rings is 1. The first-order chi connectivity index (χ1) is 25.0. The zero-order valence-corrected chi connectivity index (χ0v) is 32.9. The van der Waals surface area contributed by atoms with Crippen molar-refractivity contribution in [3.63, 3.8) is 0 Å². The molecule has 13 nitrogen and oxygen atoms in total. The molecule has 5 rings (SSSR count). The Kier molecular flexibility index (Phi) is 13.0. The minimum absolute atomic E-state index is 0.105. The highest BCUT2D eigenvalue weighted by molar-refractivity contribution is 5.99. The minimum Gasteiger partial charge on any atom is -0.474 e. The van der Waals surface area contributed by atoms with E-state index in [0.29, 0.717) is 63.6 Å². The maximum absolute atomic E-state index is 14.6. The Balaban J connectivity index is 1.45. The predicted octanol–water partition coefficient (Wildman–Crippen LogP) is 3.64. The van der Waals surface area contributed by atoms with E-state index >= 15 is 0 Å². The number of rotatable bonds is 10. The molecule has 0 unspecified atom stereocenters. The highest BCUT2D eigenvalue weighted by atomic mass is 19.1. The van der Waals surface area contributed by atoms with E-state index in [9.17, 15) is 18.8 Å². The number of fused-ring (bicyclic) bond motifs is 1. The lowest BCUT2D eigenvalue weighted by molar-refractivity contribution is -0.123. The lowest BCUT2D eigenvalue weighted by atomic mass is 10.0. The lowest BCUT2D eigenvalue weighted by Crippen LogP contribution is -2.65. The standard InChI is InChI=1S/C39H58FN7O6/c1-25-18-44(32(19-45-26(2)22-51-23-27(45)3)20-46(25)38(50)53-39(5,6)7)21-34(48)47-28(4)24-52-37-33(47)17-30(16-29-10-12-31(40)13-11-29)35(42-37)36(49)41-14-15-43(8)9/h10-13,17,25-28,32H,14-16,18-24H2,1-9H3,(H,41,49)/t25-,26-,27-,28+,32+/m1/s1. The Morgan fingerprint density at radius 3 is 2.30 bits per heavy atom. The fourth-order valence-electron chi connectivity index (χ4n) is 7.27. The number of hydrogen-bond acceptors (Lipinski definition) is 10. The molecule has 3 aliphatic rings. The summed E-state index contributed by atoms with van der Waals surface area (Å²) in [4.78, 5) is 56.3. The number of nitrogens with zero attached hydrogens (tertiary/aromatic N) is 6. The number of halogens is 1. The second kappa shape index (κ2) is 17.1. The molecule has 3 amide bonds. The summed E-state index contributed by atoms with van der Waals surface area (Å²) in [7, 11) is 3.86. The number of amides is 3. The number of piperazine rings is 1. The average Bonchev–Trinajstić information content (AvgIpc) is 3.07. The third kappa shape index (κ3) is 10.2. The summed E-state index contributed by atoms with van der Waals surface area (Å²) < 4.78 is 31.5. The van der Waals surface area contributed by atoms with Crippen molar-refractivity contribution in [2.75, 3.05) is 78.1 Å². The molecule has 0 aliphatic carbocycles. The summed E-state index contributed by atoms with van der Waals surface area (Å²) in [5, 5.41) is 2.95. The van der Waals surface area contributed by atoms with Gasteiger partial charge in [0.05, 0.1) is 25.8 Å². The summed E-state index contributed by atoms with van der Waals surface area (Å²) in [6, 6.07) is 7.65.